The summed E-state index contributed by atoms with van der Waals surface area (Å²) in [6.45, 7) is 1.28. The molecule has 0 aliphatic carbocycles. The van der Waals surface area contributed by atoms with E-state index in [9.17, 15) is 36.9 Å². The lowest BCUT2D eigenvalue weighted by atomic mass is 10.1. The number of halogens is 5. The van der Waals surface area contributed by atoms with Gasteiger partial charge in [0, 0.05) is 0 Å². The van der Waals surface area contributed by atoms with Crippen molar-refractivity contribution in [2.45, 2.75) is 6.92 Å². The molecule has 25 heavy (non-hydrogen) atoms. The molecule has 6 nitrogen and oxygen atoms in total. The molecule has 2 aromatic carbocycles. The second-order valence-corrected chi connectivity index (χ2v) is 4.58. The summed E-state index contributed by atoms with van der Waals surface area (Å²) in [5.74, 6) is -15.0. The molecule has 0 N–H and O–H groups in total. The van der Waals surface area contributed by atoms with Crippen molar-refractivity contribution >= 4 is 5.97 Å². The topological polar surface area (TPSA) is 78.7 Å². The molecule has 132 valence electrons. The van der Waals surface area contributed by atoms with Crippen LogP contribution in [0.2, 0.25) is 0 Å². The summed E-state index contributed by atoms with van der Waals surface area (Å²) < 4.78 is 70.3. The zero-order chi connectivity index (χ0) is 18.9. The van der Waals surface area contributed by atoms with Gasteiger partial charge in [-0.05, 0) is 30.7 Å². The second-order valence-electron chi connectivity index (χ2n) is 4.58. The number of hydrogen-bond acceptors (Lipinski definition) is 5. The van der Waals surface area contributed by atoms with E-state index in [0.717, 1.165) is 18.2 Å². The molecule has 2 rings (SSSR count). The number of carbonyl (C=O) groups is 1. The molecule has 0 amide bonds. The molecule has 0 fully saturated rings. The fourth-order valence-electron chi connectivity index (χ4n) is 1.83. The highest BCUT2D eigenvalue weighted by molar-refractivity contribution is 5.92. The normalized spacial score (nSPS) is 10.5. The summed E-state index contributed by atoms with van der Waals surface area (Å²) >= 11 is 0. The van der Waals surface area contributed by atoms with E-state index in [-0.39, 0.29) is 16.9 Å². The molecule has 2 aromatic rings. The van der Waals surface area contributed by atoms with Crippen LogP contribution in [0, 0.1) is 46.1 Å². The molecular formula is C14H6F5NO5. The molecule has 0 aromatic heterocycles. The molecule has 0 aliphatic rings. The molecule has 0 bridgehead atoms. The summed E-state index contributed by atoms with van der Waals surface area (Å²) in [7, 11) is 0. The molecule has 0 saturated carbocycles. The van der Waals surface area contributed by atoms with Gasteiger partial charge >= 0.3 is 5.97 Å². The van der Waals surface area contributed by atoms with Gasteiger partial charge in [0.05, 0.1) is 5.56 Å². The van der Waals surface area contributed by atoms with Gasteiger partial charge in [-0.3, -0.25) is 4.84 Å². The standard InChI is InChI=1S/C14H6F5NO5/c1-5-4-6(25-20(22)23)2-3-7(5)14(21)24-13-11(18)9(16)8(15)10(17)12(13)19/h2-4H,1H3. The van der Waals surface area contributed by atoms with Crippen LogP contribution in [-0.2, 0) is 0 Å². The van der Waals surface area contributed by atoms with Crippen LogP contribution in [0.5, 0.6) is 11.5 Å². The Kier molecular flexibility index (Phi) is 4.86. The van der Waals surface area contributed by atoms with Gasteiger partial charge in [-0.1, -0.05) is 0 Å². The number of rotatable bonds is 4. The molecular weight excluding hydrogens is 357 g/mol. The average Bonchev–Trinajstić information content (AvgIpc) is 2.54. The Morgan fingerprint density at radius 3 is 2.00 bits per heavy atom. The smallest absolute Gasteiger partial charge is 0.344 e. The molecule has 0 spiro atoms. The van der Waals surface area contributed by atoms with E-state index in [0.29, 0.717) is 0 Å². The van der Waals surface area contributed by atoms with Crippen LogP contribution in [0.25, 0.3) is 0 Å². The van der Waals surface area contributed by atoms with Gasteiger partial charge in [0.2, 0.25) is 34.8 Å². The van der Waals surface area contributed by atoms with Crippen molar-refractivity contribution in [2.24, 2.45) is 0 Å². The first-order valence-electron chi connectivity index (χ1n) is 6.30. The lowest BCUT2D eigenvalue weighted by Crippen LogP contribution is -2.15. The summed E-state index contributed by atoms with van der Waals surface area (Å²) in [5, 5.41) is 9.10. The Morgan fingerprint density at radius 2 is 1.52 bits per heavy atom. The monoisotopic (exact) mass is 363 g/mol. The maximum atomic E-state index is 13.5. The summed E-state index contributed by atoms with van der Waals surface area (Å²) in [5.41, 5.74) is -0.298. The Hall–Kier alpha value is -3.24. The van der Waals surface area contributed by atoms with E-state index >= 15 is 0 Å². The van der Waals surface area contributed by atoms with Crippen molar-refractivity contribution in [3.63, 3.8) is 0 Å². The second kappa shape index (κ2) is 6.71. The molecule has 0 atom stereocenters. The van der Waals surface area contributed by atoms with Gasteiger partial charge in [-0.25, -0.2) is 18.0 Å². The van der Waals surface area contributed by atoms with Gasteiger partial charge < -0.3 is 4.74 Å². The number of benzene rings is 2. The highest BCUT2D eigenvalue weighted by atomic mass is 19.2. The van der Waals surface area contributed by atoms with Crippen molar-refractivity contribution in [3.05, 3.63) is 68.5 Å². The lowest BCUT2D eigenvalue weighted by molar-refractivity contribution is -0.711. The maximum Gasteiger partial charge on any atom is 0.344 e. The van der Waals surface area contributed by atoms with Gasteiger partial charge in [-0.15, -0.1) is 10.1 Å². The number of ether oxygens (including phenoxy) is 1. The minimum atomic E-state index is -2.40. The fraction of sp³-hybridized carbons (Fsp3) is 0.0714. The van der Waals surface area contributed by atoms with Crippen LogP contribution < -0.4 is 9.57 Å². The quantitative estimate of drug-likeness (QED) is 0.158. The summed E-state index contributed by atoms with van der Waals surface area (Å²) in [4.78, 5) is 26.3. The van der Waals surface area contributed by atoms with E-state index in [1.165, 1.54) is 6.92 Å². The zero-order valence-corrected chi connectivity index (χ0v) is 12.1. The molecule has 0 radical (unpaired) electrons. The SMILES string of the molecule is Cc1cc(O[N+](=O)[O-])ccc1C(=O)Oc1c(F)c(F)c(F)c(F)c1F. The average molecular weight is 363 g/mol. The largest absolute Gasteiger partial charge is 0.416 e. The van der Waals surface area contributed by atoms with Crippen LogP contribution in [0.15, 0.2) is 18.2 Å². The fourth-order valence-corrected chi connectivity index (χ4v) is 1.83. The number of nitrogens with zero attached hydrogens (tertiary/aromatic N) is 1. The Labute approximate surface area is 135 Å². The predicted octanol–water partition coefficient (Wildman–Crippen LogP) is 3.48. The molecule has 0 saturated heterocycles. The lowest BCUT2D eigenvalue weighted by Gasteiger charge is -2.10. The van der Waals surface area contributed by atoms with Crippen LogP contribution in [0.3, 0.4) is 0 Å². The first kappa shape index (κ1) is 18.1. The first-order chi connectivity index (χ1) is 11.6. The van der Waals surface area contributed by atoms with Gasteiger partial charge in [0.25, 0.3) is 5.09 Å². The zero-order valence-electron chi connectivity index (χ0n) is 12.1. The third kappa shape index (κ3) is 3.49. The van der Waals surface area contributed by atoms with Gasteiger partial charge in [-0.2, -0.15) is 8.78 Å². The van der Waals surface area contributed by atoms with E-state index in [2.05, 4.69) is 9.57 Å². The van der Waals surface area contributed by atoms with Gasteiger partial charge in [0.1, 0.15) is 5.75 Å². The Balaban J connectivity index is 2.37. The van der Waals surface area contributed by atoms with Crippen LogP contribution in [0.1, 0.15) is 15.9 Å². The minimum Gasteiger partial charge on any atom is -0.416 e. The minimum absolute atomic E-state index is 0.0354. The van der Waals surface area contributed by atoms with Crippen LogP contribution >= 0.6 is 0 Å². The van der Waals surface area contributed by atoms with Crippen molar-refractivity contribution in [1.29, 1.82) is 0 Å². The van der Waals surface area contributed by atoms with Crippen molar-refractivity contribution in [2.75, 3.05) is 0 Å². The van der Waals surface area contributed by atoms with Crippen molar-refractivity contribution in [3.8, 4) is 11.5 Å². The Bertz CT molecular complexity index is 857. The van der Waals surface area contributed by atoms with E-state index in [4.69, 9.17) is 0 Å². The Morgan fingerprint density at radius 1 is 1.00 bits per heavy atom. The maximum absolute atomic E-state index is 13.5. The summed E-state index contributed by atoms with van der Waals surface area (Å²) in [6.07, 6.45) is 0. The molecule has 0 aliphatic heterocycles. The summed E-state index contributed by atoms with van der Waals surface area (Å²) in [6, 6.07) is 2.98. The number of esters is 1. The third-order valence-corrected chi connectivity index (χ3v) is 2.96. The van der Waals surface area contributed by atoms with E-state index in [1.54, 1.807) is 0 Å². The van der Waals surface area contributed by atoms with E-state index < -0.39 is 45.9 Å². The number of carbonyl (C=O) groups excluding carboxylic acids is 1. The predicted molar refractivity (Wildman–Crippen MR) is 70.0 cm³/mol. The number of aryl methyl sites for hydroxylation is 1. The van der Waals surface area contributed by atoms with Crippen molar-refractivity contribution < 1.29 is 41.4 Å². The third-order valence-electron chi connectivity index (χ3n) is 2.96. The molecule has 0 unspecified atom stereocenters. The highest BCUT2D eigenvalue weighted by Crippen LogP contribution is 2.30. The molecule has 11 heteroatoms. The number of hydrogen-bond donors (Lipinski definition) is 0. The van der Waals surface area contributed by atoms with Crippen LogP contribution in [0.4, 0.5) is 22.0 Å². The highest BCUT2D eigenvalue weighted by Gasteiger charge is 2.29. The first-order valence-corrected chi connectivity index (χ1v) is 6.30. The van der Waals surface area contributed by atoms with Crippen LogP contribution in [-0.4, -0.2) is 11.1 Å². The molecule has 0 heterocycles. The van der Waals surface area contributed by atoms with E-state index in [1.807, 2.05) is 0 Å². The van der Waals surface area contributed by atoms with Crippen molar-refractivity contribution in [1.82, 2.24) is 0 Å². The van der Waals surface area contributed by atoms with Gasteiger partial charge in [0.15, 0.2) is 0 Å².